The van der Waals surface area contributed by atoms with E-state index in [1.54, 1.807) is 0 Å². The Morgan fingerprint density at radius 3 is 2.67 bits per heavy atom. The fourth-order valence-corrected chi connectivity index (χ4v) is 3.58. The van der Waals surface area contributed by atoms with Crippen LogP contribution in [0.15, 0.2) is 24.3 Å². The van der Waals surface area contributed by atoms with Crippen molar-refractivity contribution in [3.63, 3.8) is 0 Å². The molecule has 2 saturated heterocycles. The van der Waals surface area contributed by atoms with E-state index in [2.05, 4.69) is 5.32 Å². The van der Waals surface area contributed by atoms with Gasteiger partial charge < -0.3 is 14.8 Å². The van der Waals surface area contributed by atoms with Crippen LogP contribution in [0.1, 0.15) is 44.3 Å². The molecule has 21 heavy (non-hydrogen) atoms. The molecule has 1 aromatic rings. The van der Waals surface area contributed by atoms with Crippen LogP contribution in [0.5, 0.6) is 0 Å². The van der Waals surface area contributed by atoms with Crippen molar-refractivity contribution in [1.82, 2.24) is 5.32 Å². The Labute approximate surface area is 125 Å². The van der Waals surface area contributed by atoms with Crippen LogP contribution in [0.4, 0.5) is 4.39 Å². The van der Waals surface area contributed by atoms with Crippen molar-refractivity contribution in [1.29, 1.82) is 0 Å². The lowest BCUT2D eigenvalue weighted by molar-refractivity contribution is -0.185. The van der Waals surface area contributed by atoms with Crippen LogP contribution in [-0.4, -0.2) is 31.4 Å². The van der Waals surface area contributed by atoms with E-state index in [0.717, 1.165) is 50.9 Å². The predicted octanol–water partition coefficient (Wildman–Crippen LogP) is 3.20. The highest BCUT2D eigenvalue weighted by Crippen LogP contribution is 2.42. The molecular weight excluding hydrogens is 269 g/mol. The molecule has 4 heteroatoms. The maximum atomic E-state index is 13.1. The fraction of sp³-hybridized carbons (Fsp3) is 0.647. The molecule has 2 aliphatic rings. The zero-order valence-electron chi connectivity index (χ0n) is 12.6. The number of halogens is 1. The lowest BCUT2D eigenvalue weighted by Gasteiger charge is -2.47. The first-order valence-corrected chi connectivity index (χ1v) is 7.96. The monoisotopic (exact) mass is 293 g/mol. The van der Waals surface area contributed by atoms with Gasteiger partial charge in [0, 0.05) is 19.4 Å². The molecule has 0 aromatic heterocycles. The Morgan fingerprint density at radius 2 is 2.00 bits per heavy atom. The third-order valence-corrected chi connectivity index (χ3v) is 4.63. The van der Waals surface area contributed by atoms with Gasteiger partial charge in [-0.05, 0) is 50.6 Å². The lowest BCUT2D eigenvalue weighted by Crippen LogP contribution is -2.50. The number of benzene rings is 1. The molecule has 1 spiro atoms. The van der Waals surface area contributed by atoms with E-state index in [9.17, 15) is 4.39 Å². The Morgan fingerprint density at radius 1 is 1.29 bits per heavy atom. The molecule has 116 valence electrons. The van der Waals surface area contributed by atoms with Gasteiger partial charge in [0.1, 0.15) is 5.82 Å². The molecule has 2 aliphatic heterocycles. The zero-order chi connectivity index (χ0) is 14.7. The third-order valence-electron chi connectivity index (χ3n) is 4.63. The fourth-order valence-electron chi connectivity index (χ4n) is 3.58. The van der Waals surface area contributed by atoms with Crippen molar-refractivity contribution in [2.24, 2.45) is 0 Å². The average molecular weight is 293 g/mol. The second kappa shape index (κ2) is 6.42. The number of nitrogens with one attached hydrogen (secondary N) is 1. The number of rotatable bonds is 3. The quantitative estimate of drug-likeness (QED) is 0.928. The molecule has 0 unspecified atom stereocenters. The van der Waals surface area contributed by atoms with E-state index in [-0.39, 0.29) is 23.6 Å². The molecule has 3 nitrogen and oxygen atoms in total. The van der Waals surface area contributed by atoms with Crippen molar-refractivity contribution in [2.75, 3.05) is 19.7 Å². The van der Waals surface area contributed by atoms with Gasteiger partial charge in [0.2, 0.25) is 0 Å². The largest absolute Gasteiger partial charge is 0.378 e. The molecule has 3 rings (SSSR count). The number of hydrogen-bond acceptors (Lipinski definition) is 3. The topological polar surface area (TPSA) is 30.5 Å². The van der Waals surface area contributed by atoms with E-state index in [0.29, 0.717) is 0 Å². The second-order valence-corrected chi connectivity index (χ2v) is 6.11. The Balaban J connectivity index is 1.80. The summed E-state index contributed by atoms with van der Waals surface area (Å²) >= 11 is 0. The summed E-state index contributed by atoms with van der Waals surface area (Å²) in [6.07, 6.45) is 4.11. The molecule has 2 heterocycles. The number of hydrogen-bond donors (Lipinski definition) is 1. The van der Waals surface area contributed by atoms with E-state index in [4.69, 9.17) is 9.47 Å². The first-order chi connectivity index (χ1) is 10.2. The molecule has 0 bridgehead atoms. The summed E-state index contributed by atoms with van der Waals surface area (Å²) in [5.74, 6) is -0.201. The van der Waals surface area contributed by atoms with Gasteiger partial charge in [-0.25, -0.2) is 4.39 Å². The van der Waals surface area contributed by atoms with Crippen LogP contribution in [-0.2, 0) is 9.47 Å². The highest BCUT2D eigenvalue weighted by molar-refractivity contribution is 5.20. The molecule has 2 fully saturated rings. The number of ether oxygens (including phenoxy) is 2. The second-order valence-electron chi connectivity index (χ2n) is 6.11. The first kappa shape index (κ1) is 14.9. The summed E-state index contributed by atoms with van der Waals surface area (Å²) in [5, 5.41) is 3.39. The summed E-state index contributed by atoms with van der Waals surface area (Å²) in [7, 11) is 0. The van der Waals surface area contributed by atoms with E-state index >= 15 is 0 Å². The normalized spacial score (nSPS) is 28.7. The zero-order valence-corrected chi connectivity index (χ0v) is 12.6. The standard InChI is InChI=1S/C17H24FNO2/c1-2-20-15-11-16(13-3-5-14(18)6-4-13)21-17(12-15)7-9-19-10-8-17/h3-6,15-16,19H,2,7-12H2,1H3/t15-,16-/m1/s1. The maximum absolute atomic E-state index is 13.1. The van der Waals surface area contributed by atoms with Gasteiger partial charge in [-0.2, -0.15) is 0 Å². The molecule has 1 aromatic carbocycles. The smallest absolute Gasteiger partial charge is 0.123 e. The minimum Gasteiger partial charge on any atom is -0.378 e. The Kier molecular flexibility index (Phi) is 4.57. The SMILES string of the molecule is CCO[C@@H]1C[C@H](c2ccc(F)cc2)OC2(CCNCC2)C1. The van der Waals surface area contributed by atoms with Crippen molar-refractivity contribution in [3.05, 3.63) is 35.6 Å². The maximum Gasteiger partial charge on any atom is 0.123 e. The molecule has 0 amide bonds. The highest BCUT2D eigenvalue weighted by Gasteiger charge is 2.43. The summed E-state index contributed by atoms with van der Waals surface area (Å²) in [6, 6.07) is 6.70. The minimum absolute atomic E-state index is 0.00833. The summed E-state index contributed by atoms with van der Waals surface area (Å²) in [5.41, 5.74) is 0.973. The van der Waals surface area contributed by atoms with Gasteiger partial charge in [-0.1, -0.05) is 12.1 Å². The van der Waals surface area contributed by atoms with Crippen LogP contribution in [0, 0.1) is 5.82 Å². The Hall–Kier alpha value is -0.970. The molecule has 2 atom stereocenters. The molecule has 0 radical (unpaired) electrons. The van der Waals surface area contributed by atoms with Crippen molar-refractivity contribution in [2.45, 2.75) is 50.4 Å². The van der Waals surface area contributed by atoms with Gasteiger partial charge in [0.15, 0.2) is 0 Å². The predicted molar refractivity (Wildman–Crippen MR) is 79.7 cm³/mol. The minimum atomic E-state index is -0.201. The van der Waals surface area contributed by atoms with Gasteiger partial charge >= 0.3 is 0 Å². The van der Waals surface area contributed by atoms with E-state index in [1.807, 2.05) is 19.1 Å². The number of piperidine rings is 1. The summed E-state index contributed by atoms with van der Waals surface area (Å²) in [4.78, 5) is 0. The first-order valence-electron chi connectivity index (χ1n) is 7.96. The summed E-state index contributed by atoms with van der Waals surface area (Å²) < 4.78 is 25.5. The average Bonchev–Trinajstić information content (AvgIpc) is 2.48. The van der Waals surface area contributed by atoms with Crippen LogP contribution in [0.25, 0.3) is 0 Å². The van der Waals surface area contributed by atoms with E-state index < -0.39 is 0 Å². The molecule has 0 saturated carbocycles. The molecular formula is C17H24FNO2. The van der Waals surface area contributed by atoms with Crippen molar-refractivity contribution in [3.8, 4) is 0 Å². The lowest BCUT2D eigenvalue weighted by atomic mass is 9.81. The van der Waals surface area contributed by atoms with Crippen LogP contribution >= 0.6 is 0 Å². The Bertz CT molecular complexity index is 456. The van der Waals surface area contributed by atoms with Crippen LogP contribution in [0.2, 0.25) is 0 Å². The van der Waals surface area contributed by atoms with Crippen molar-refractivity contribution < 1.29 is 13.9 Å². The van der Waals surface area contributed by atoms with Crippen LogP contribution in [0.3, 0.4) is 0 Å². The van der Waals surface area contributed by atoms with Gasteiger partial charge in [-0.3, -0.25) is 0 Å². The molecule has 1 N–H and O–H groups in total. The molecule has 0 aliphatic carbocycles. The highest BCUT2D eigenvalue weighted by atomic mass is 19.1. The van der Waals surface area contributed by atoms with Gasteiger partial charge in [0.25, 0.3) is 0 Å². The van der Waals surface area contributed by atoms with Gasteiger partial charge in [0.05, 0.1) is 17.8 Å². The third kappa shape index (κ3) is 3.44. The summed E-state index contributed by atoms with van der Waals surface area (Å²) in [6.45, 7) is 4.76. The van der Waals surface area contributed by atoms with Gasteiger partial charge in [-0.15, -0.1) is 0 Å². The van der Waals surface area contributed by atoms with Crippen LogP contribution < -0.4 is 5.32 Å². The van der Waals surface area contributed by atoms with Crippen molar-refractivity contribution >= 4 is 0 Å². The van der Waals surface area contributed by atoms with E-state index in [1.165, 1.54) is 12.1 Å².